The lowest BCUT2D eigenvalue weighted by Gasteiger charge is -2.32. The highest BCUT2D eigenvalue weighted by atomic mass is 35.5. The van der Waals surface area contributed by atoms with Crippen LogP contribution in [0.2, 0.25) is 5.02 Å². The van der Waals surface area contributed by atoms with Crippen LogP contribution in [0, 0.1) is 0 Å². The highest BCUT2D eigenvalue weighted by molar-refractivity contribution is 6.30. The van der Waals surface area contributed by atoms with Crippen LogP contribution < -0.4 is 0 Å². The first-order valence-corrected chi connectivity index (χ1v) is 8.70. The van der Waals surface area contributed by atoms with E-state index in [2.05, 4.69) is 5.10 Å². The van der Waals surface area contributed by atoms with Gasteiger partial charge >= 0.3 is 0 Å². The smallest absolute Gasteiger partial charge is 0.226 e. The van der Waals surface area contributed by atoms with Crippen LogP contribution in [0.3, 0.4) is 0 Å². The Kier molecular flexibility index (Phi) is 5.53. The molecule has 0 bridgehead atoms. The van der Waals surface area contributed by atoms with Gasteiger partial charge < -0.3 is 10.0 Å². The number of likely N-dealkylation sites (tertiary alicyclic amines) is 1. The van der Waals surface area contributed by atoms with Crippen molar-refractivity contribution in [2.45, 2.75) is 31.7 Å². The molecule has 1 aliphatic heterocycles. The number of carbonyl (C=O) groups is 1. The quantitative estimate of drug-likeness (QED) is 0.904. The van der Waals surface area contributed by atoms with Crippen LogP contribution in [0.25, 0.3) is 0 Å². The summed E-state index contributed by atoms with van der Waals surface area (Å²) in [4.78, 5) is 14.4. The maximum absolute atomic E-state index is 12.5. The van der Waals surface area contributed by atoms with Gasteiger partial charge in [0.25, 0.3) is 0 Å². The third-order valence-corrected chi connectivity index (χ3v) is 4.85. The van der Waals surface area contributed by atoms with Crippen molar-refractivity contribution in [3.05, 3.63) is 52.8 Å². The van der Waals surface area contributed by atoms with Crippen molar-refractivity contribution in [2.75, 3.05) is 19.7 Å². The van der Waals surface area contributed by atoms with Crippen LogP contribution in [-0.4, -0.2) is 45.4 Å². The fourth-order valence-electron chi connectivity index (χ4n) is 3.28. The summed E-state index contributed by atoms with van der Waals surface area (Å²) in [6, 6.07) is 9.46. The lowest BCUT2D eigenvalue weighted by molar-refractivity contribution is -0.131. The molecule has 1 saturated heterocycles. The van der Waals surface area contributed by atoms with Gasteiger partial charge in [-0.15, -0.1) is 0 Å². The van der Waals surface area contributed by atoms with Crippen LogP contribution in [0.15, 0.2) is 36.5 Å². The number of nitrogens with zero attached hydrogens (tertiary/aromatic N) is 3. The number of aliphatic hydroxyl groups is 1. The van der Waals surface area contributed by atoms with Gasteiger partial charge in [-0.25, -0.2) is 0 Å². The molecule has 5 nitrogen and oxygen atoms in total. The first-order valence-electron chi connectivity index (χ1n) is 8.32. The number of aromatic nitrogens is 2. The lowest BCUT2D eigenvalue weighted by Crippen LogP contribution is -2.39. The Morgan fingerprint density at radius 2 is 1.92 bits per heavy atom. The minimum Gasteiger partial charge on any atom is -0.394 e. The van der Waals surface area contributed by atoms with Gasteiger partial charge in [0.2, 0.25) is 5.91 Å². The van der Waals surface area contributed by atoms with Crippen molar-refractivity contribution in [3.63, 3.8) is 0 Å². The summed E-state index contributed by atoms with van der Waals surface area (Å²) >= 11 is 5.88. The summed E-state index contributed by atoms with van der Waals surface area (Å²) in [6.45, 7) is 2.15. The molecule has 2 heterocycles. The Balaban J connectivity index is 1.55. The Bertz CT molecular complexity index is 676. The number of hydrogen-bond donors (Lipinski definition) is 1. The van der Waals surface area contributed by atoms with E-state index in [0.29, 0.717) is 23.9 Å². The molecular formula is C18H22ClN3O2. The maximum Gasteiger partial charge on any atom is 0.226 e. The molecule has 1 aromatic carbocycles. The van der Waals surface area contributed by atoms with Gasteiger partial charge in [-0.1, -0.05) is 23.7 Å². The SMILES string of the molecule is O=C(Cc1ccc(Cl)cc1)N1CCC(c2ccnn2CCO)CC1. The topological polar surface area (TPSA) is 58.4 Å². The van der Waals surface area contributed by atoms with Gasteiger partial charge in [0.15, 0.2) is 0 Å². The predicted octanol–water partition coefficient (Wildman–Crippen LogP) is 2.48. The fraction of sp³-hybridized carbons (Fsp3) is 0.444. The summed E-state index contributed by atoms with van der Waals surface area (Å²) in [5.74, 6) is 0.568. The normalized spacial score (nSPS) is 15.7. The molecule has 0 saturated carbocycles. The second-order valence-electron chi connectivity index (χ2n) is 6.16. The van der Waals surface area contributed by atoms with E-state index >= 15 is 0 Å². The van der Waals surface area contributed by atoms with Crippen molar-refractivity contribution in [1.82, 2.24) is 14.7 Å². The minimum absolute atomic E-state index is 0.0904. The van der Waals surface area contributed by atoms with E-state index in [-0.39, 0.29) is 12.5 Å². The van der Waals surface area contributed by atoms with Gasteiger partial charge in [-0.2, -0.15) is 5.10 Å². The molecule has 0 unspecified atom stereocenters. The molecular weight excluding hydrogens is 326 g/mol. The van der Waals surface area contributed by atoms with Gasteiger partial charge in [-0.05, 0) is 36.6 Å². The summed E-state index contributed by atoms with van der Waals surface area (Å²) < 4.78 is 1.87. The van der Waals surface area contributed by atoms with Crippen molar-refractivity contribution >= 4 is 17.5 Å². The number of rotatable bonds is 5. The van der Waals surface area contributed by atoms with E-state index in [9.17, 15) is 4.79 Å². The largest absolute Gasteiger partial charge is 0.394 e. The predicted molar refractivity (Wildman–Crippen MR) is 93.0 cm³/mol. The molecule has 1 aromatic heterocycles. The molecule has 0 radical (unpaired) electrons. The highest BCUT2D eigenvalue weighted by Gasteiger charge is 2.25. The third kappa shape index (κ3) is 3.97. The number of carbonyl (C=O) groups excluding carboxylic acids is 1. The van der Waals surface area contributed by atoms with E-state index in [1.807, 2.05) is 39.9 Å². The fourth-order valence-corrected chi connectivity index (χ4v) is 3.41. The monoisotopic (exact) mass is 347 g/mol. The first-order chi connectivity index (χ1) is 11.7. The summed E-state index contributed by atoms with van der Waals surface area (Å²) in [5.41, 5.74) is 2.15. The number of piperidine rings is 1. The Hall–Kier alpha value is -1.85. The van der Waals surface area contributed by atoms with Crippen molar-refractivity contribution in [1.29, 1.82) is 0 Å². The highest BCUT2D eigenvalue weighted by Crippen LogP contribution is 2.28. The van der Waals surface area contributed by atoms with Gasteiger partial charge in [0.05, 0.1) is 19.6 Å². The van der Waals surface area contributed by atoms with E-state index in [1.54, 1.807) is 6.20 Å². The van der Waals surface area contributed by atoms with Crippen LogP contribution in [-0.2, 0) is 17.8 Å². The van der Waals surface area contributed by atoms with Crippen molar-refractivity contribution < 1.29 is 9.90 Å². The van der Waals surface area contributed by atoms with Crippen LogP contribution in [0.1, 0.15) is 30.0 Å². The molecule has 0 atom stereocenters. The van der Waals surface area contributed by atoms with Crippen LogP contribution in [0.4, 0.5) is 0 Å². The molecule has 1 amide bonds. The molecule has 24 heavy (non-hydrogen) atoms. The average Bonchev–Trinajstić information content (AvgIpc) is 3.06. The number of aliphatic hydroxyl groups excluding tert-OH is 1. The maximum atomic E-state index is 12.5. The van der Waals surface area contributed by atoms with E-state index in [4.69, 9.17) is 16.7 Å². The van der Waals surface area contributed by atoms with E-state index in [1.165, 1.54) is 0 Å². The zero-order valence-corrected chi connectivity index (χ0v) is 14.3. The molecule has 6 heteroatoms. The third-order valence-electron chi connectivity index (χ3n) is 4.60. The van der Waals surface area contributed by atoms with Crippen molar-refractivity contribution in [2.24, 2.45) is 0 Å². The Morgan fingerprint density at radius 1 is 1.21 bits per heavy atom. The zero-order valence-electron chi connectivity index (χ0n) is 13.6. The van der Waals surface area contributed by atoms with Gasteiger partial charge in [0.1, 0.15) is 0 Å². The Labute approximate surface area is 146 Å². The Morgan fingerprint density at radius 3 is 2.58 bits per heavy atom. The molecule has 128 valence electrons. The molecule has 2 aromatic rings. The number of benzene rings is 1. The van der Waals surface area contributed by atoms with E-state index in [0.717, 1.165) is 37.2 Å². The summed E-state index contributed by atoms with van der Waals surface area (Å²) in [6.07, 6.45) is 4.07. The van der Waals surface area contributed by atoms with Crippen molar-refractivity contribution in [3.8, 4) is 0 Å². The lowest BCUT2D eigenvalue weighted by atomic mass is 9.93. The molecule has 0 aliphatic carbocycles. The van der Waals surface area contributed by atoms with E-state index < -0.39 is 0 Å². The second kappa shape index (κ2) is 7.81. The van der Waals surface area contributed by atoms with Crippen LogP contribution >= 0.6 is 11.6 Å². The number of hydrogen-bond acceptors (Lipinski definition) is 3. The molecule has 0 spiro atoms. The van der Waals surface area contributed by atoms with Crippen LogP contribution in [0.5, 0.6) is 0 Å². The molecule has 1 fully saturated rings. The molecule has 1 N–H and O–H groups in total. The first kappa shape index (κ1) is 17.0. The van der Waals surface area contributed by atoms with Gasteiger partial charge in [0, 0.05) is 35.9 Å². The number of amides is 1. The molecule has 3 rings (SSSR count). The second-order valence-corrected chi connectivity index (χ2v) is 6.60. The summed E-state index contributed by atoms with van der Waals surface area (Å²) in [5, 5.41) is 14.1. The standard InChI is InChI=1S/C18H22ClN3O2/c19-16-3-1-14(2-4-16)13-18(24)21-9-6-15(7-10-21)17-5-8-20-22(17)11-12-23/h1-5,8,15,23H,6-7,9-13H2. The zero-order chi connectivity index (χ0) is 16.9. The summed E-state index contributed by atoms with van der Waals surface area (Å²) in [7, 11) is 0. The average molecular weight is 348 g/mol. The molecule has 1 aliphatic rings. The van der Waals surface area contributed by atoms with Gasteiger partial charge in [-0.3, -0.25) is 9.48 Å². The number of halogens is 1. The minimum atomic E-state index is 0.0904.